The van der Waals surface area contributed by atoms with Crippen LogP contribution in [-0.4, -0.2) is 46.8 Å². The lowest BCUT2D eigenvalue weighted by molar-refractivity contribution is -0.140. The zero-order valence-electron chi connectivity index (χ0n) is 16.2. The predicted molar refractivity (Wildman–Crippen MR) is 103 cm³/mol. The van der Waals surface area contributed by atoms with Gasteiger partial charge in [-0.1, -0.05) is 56.5 Å². The molecule has 4 amide bonds. The highest BCUT2D eigenvalue weighted by atomic mass is 16.2. The van der Waals surface area contributed by atoms with Gasteiger partial charge in [-0.05, 0) is 31.7 Å². The summed E-state index contributed by atoms with van der Waals surface area (Å²) in [6.45, 7) is 4.24. The maximum Gasteiger partial charge on any atom is 0.325 e. The van der Waals surface area contributed by atoms with E-state index in [1.165, 1.54) is 6.42 Å². The summed E-state index contributed by atoms with van der Waals surface area (Å²) in [4.78, 5) is 41.6. The summed E-state index contributed by atoms with van der Waals surface area (Å²) >= 11 is 0. The first-order valence-electron chi connectivity index (χ1n) is 10.0. The van der Waals surface area contributed by atoms with Crippen molar-refractivity contribution in [3.05, 3.63) is 35.9 Å². The van der Waals surface area contributed by atoms with Gasteiger partial charge in [-0.15, -0.1) is 0 Å². The molecule has 0 bridgehead atoms. The first-order chi connectivity index (χ1) is 13.0. The van der Waals surface area contributed by atoms with Gasteiger partial charge in [0.1, 0.15) is 12.1 Å². The molecule has 146 valence electrons. The van der Waals surface area contributed by atoms with Crippen molar-refractivity contribution in [2.24, 2.45) is 0 Å². The van der Waals surface area contributed by atoms with E-state index >= 15 is 0 Å². The van der Waals surface area contributed by atoms with Crippen LogP contribution in [0, 0.1) is 0 Å². The third kappa shape index (κ3) is 3.57. The zero-order chi connectivity index (χ0) is 19.4. The van der Waals surface area contributed by atoms with Gasteiger partial charge in [-0.3, -0.25) is 14.5 Å². The van der Waals surface area contributed by atoms with Crippen molar-refractivity contribution in [3.63, 3.8) is 0 Å². The molecule has 1 aromatic carbocycles. The van der Waals surface area contributed by atoms with Crippen LogP contribution in [0.1, 0.15) is 57.9 Å². The number of hydrogen-bond acceptors (Lipinski definition) is 3. The SMILES string of the molecule is CCN(C(=O)CN1C(=O)N[C@@](CC)(c2ccccc2)C1=O)C1CCCCC1. The Labute approximate surface area is 160 Å². The topological polar surface area (TPSA) is 69.7 Å². The smallest absolute Gasteiger partial charge is 0.325 e. The third-order valence-electron chi connectivity index (χ3n) is 5.94. The van der Waals surface area contributed by atoms with E-state index in [4.69, 9.17) is 0 Å². The molecule has 0 unspecified atom stereocenters. The summed E-state index contributed by atoms with van der Waals surface area (Å²) in [7, 11) is 0. The van der Waals surface area contributed by atoms with Crippen molar-refractivity contribution in [1.29, 1.82) is 0 Å². The van der Waals surface area contributed by atoms with Gasteiger partial charge in [0.25, 0.3) is 5.91 Å². The molecule has 1 heterocycles. The number of rotatable bonds is 6. The number of benzene rings is 1. The fourth-order valence-electron chi connectivity index (χ4n) is 4.39. The molecule has 2 fully saturated rings. The number of nitrogens with zero attached hydrogens (tertiary/aromatic N) is 2. The van der Waals surface area contributed by atoms with Gasteiger partial charge in [-0.25, -0.2) is 4.79 Å². The average molecular weight is 371 g/mol. The minimum Gasteiger partial charge on any atom is -0.338 e. The van der Waals surface area contributed by atoms with Crippen LogP contribution in [0.25, 0.3) is 0 Å². The second-order valence-electron chi connectivity index (χ2n) is 7.42. The Morgan fingerprint density at radius 2 is 1.81 bits per heavy atom. The molecular formula is C21H29N3O3. The number of carbonyl (C=O) groups excluding carboxylic acids is 3. The largest absolute Gasteiger partial charge is 0.338 e. The number of hydrogen-bond donors (Lipinski definition) is 1. The molecule has 0 spiro atoms. The van der Waals surface area contributed by atoms with Crippen LogP contribution in [0.15, 0.2) is 30.3 Å². The van der Waals surface area contributed by atoms with Crippen LogP contribution in [0.5, 0.6) is 0 Å². The minimum absolute atomic E-state index is 0.145. The summed E-state index contributed by atoms with van der Waals surface area (Å²) in [5, 5.41) is 2.84. The van der Waals surface area contributed by atoms with E-state index in [1.54, 1.807) is 0 Å². The highest BCUT2D eigenvalue weighted by Gasteiger charge is 2.51. The number of likely N-dealkylation sites (N-methyl/N-ethyl adjacent to an activating group) is 1. The van der Waals surface area contributed by atoms with Gasteiger partial charge < -0.3 is 10.2 Å². The van der Waals surface area contributed by atoms with Gasteiger partial charge in [0.15, 0.2) is 0 Å². The highest BCUT2D eigenvalue weighted by molar-refractivity contribution is 6.09. The fourth-order valence-corrected chi connectivity index (χ4v) is 4.39. The van der Waals surface area contributed by atoms with E-state index < -0.39 is 11.6 Å². The van der Waals surface area contributed by atoms with Crippen LogP contribution < -0.4 is 5.32 Å². The lowest BCUT2D eigenvalue weighted by Gasteiger charge is -2.34. The summed E-state index contributed by atoms with van der Waals surface area (Å²) in [6.07, 6.45) is 5.91. The van der Waals surface area contributed by atoms with Crippen LogP contribution >= 0.6 is 0 Å². The summed E-state index contributed by atoms with van der Waals surface area (Å²) in [5.74, 6) is -0.484. The standard InChI is InChI=1S/C21H29N3O3/c1-3-21(16-11-7-5-8-12-16)19(26)24(20(27)22-21)15-18(25)23(4-2)17-13-9-6-10-14-17/h5,7-8,11-12,17H,3-4,6,9-10,13-15H2,1-2H3,(H,22,27)/t21-/m0/s1. The second kappa shape index (κ2) is 8.11. The van der Waals surface area contributed by atoms with Crippen LogP contribution in [-0.2, 0) is 15.1 Å². The lowest BCUT2D eigenvalue weighted by Crippen LogP contribution is -2.48. The zero-order valence-corrected chi connectivity index (χ0v) is 16.2. The number of amides is 4. The second-order valence-corrected chi connectivity index (χ2v) is 7.42. The van der Waals surface area contributed by atoms with Crippen LogP contribution in [0.2, 0.25) is 0 Å². The summed E-state index contributed by atoms with van der Waals surface area (Å²) in [6, 6.07) is 8.99. The summed E-state index contributed by atoms with van der Waals surface area (Å²) in [5.41, 5.74) is -0.332. The normalized spacial score (nSPS) is 23.4. The van der Waals surface area contributed by atoms with E-state index in [1.807, 2.05) is 49.1 Å². The van der Waals surface area contributed by atoms with Gasteiger partial charge in [0.2, 0.25) is 5.91 Å². The number of nitrogens with one attached hydrogen (secondary N) is 1. The molecule has 6 nitrogen and oxygen atoms in total. The Morgan fingerprint density at radius 3 is 2.41 bits per heavy atom. The van der Waals surface area contributed by atoms with E-state index in [0.29, 0.717) is 13.0 Å². The molecule has 27 heavy (non-hydrogen) atoms. The van der Waals surface area contributed by atoms with Crippen molar-refractivity contribution >= 4 is 17.8 Å². The average Bonchev–Trinajstić information content (AvgIpc) is 2.95. The lowest BCUT2D eigenvalue weighted by atomic mass is 9.87. The molecule has 6 heteroatoms. The predicted octanol–water partition coefficient (Wildman–Crippen LogP) is 3.02. The molecule has 0 radical (unpaired) electrons. The van der Waals surface area contributed by atoms with Gasteiger partial charge in [0, 0.05) is 12.6 Å². The monoisotopic (exact) mass is 371 g/mol. The molecule has 1 aliphatic heterocycles. The third-order valence-corrected chi connectivity index (χ3v) is 5.94. The Kier molecular flexibility index (Phi) is 5.82. The fraction of sp³-hybridized carbons (Fsp3) is 0.571. The van der Waals surface area contributed by atoms with Crippen molar-refractivity contribution in [3.8, 4) is 0 Å². The first kappa shape index (κ1) is 19.4. The minimum atomic E-state index is -1.08. The molecule has 3 rings (SSSR count). The van der Waals surface area contributed by atoms with Crippen molar-refractivity contribution in [1.82, 2.24) is 15.1 Å². The van der Waals surface area contributed by atoms with E-state index in [9.17, 15) is 14.4 Å². The number of imide groups is 1. The van der Waals surface area contributed by atoms with Crippen LogP contribution in [0.3, 0.4) is 0 Å². The Morgan fingerprint density at radius 1 is 1.15 bits per heavy atom. The molecule has 1 aromatic rings. The molecular weight excluding hydrogens is 342 g/mol. The first-order valence-corrected chi connectivity index (χ1v) is 10.0. The maximum absolute atomic E-state index is 13.2. The molecule has 1 N–H and O–H groups in total. The van der Waals surface area contributed by atoms with E-state index in [-0.39, 0.29) is 24.4 Å². The van der Waals surface area contributed by atoms with Crippen molar-refractivity contribution < 1.29 is 14.4 Å². The highest BCUT2D eigenvalue weighted by Crippen LogP contribution is 2.32. The van der Waals surface area contributed by atoms with Crippen molar-refractivity contribution in [2.45, 2.75) is 64.0 Å². The van der Waals surface area contributed by atoms with Gasteiger partial charge in [-0.2, -0.15) is 0 Å². The Bertz CT molecular complexity index is 700. The Balaban J connectivity index is 1.77. The van der Waals surface area contributed by atoms with E-state index in [2.05, 4.69) is 5.32 Å². The molecule has 0 aromatic heterocycles. The maximum atomic E-state index is 13.2. The summed E-state index contributed by atoms with van der Waals surface area (Å²) < 4.78 is 0. The van der Waals surface area contributed by atoms with Gasteiger partial charge in [0.05, 0.1) is 0 Å². The molecule has 1 aliphatic carbocycles. The molecule has 1 saturated heterocycles. The molecule has 2 aliphatic rings. The Hall–Kier alpha value is -2.37. The van der Waals surface area contributed by atoms with Crippen LogP contribution in [0.4, 0.5) is 4.79 Å². The van der Waals surface area contributed by atoms with E-state index in [0.717, 1.165) is 36.1 Å². The molecule has 1 atom stereocenters. The van der Waals surface area contributed by atoms with Gasteiger partial charge >= 0.3 is 6.03 Å². The molecule has 1 saturated carbocycles. The quantitative estimate of drug-likeness (QED) is 0.782. The van der Waals surface area contributed by atoms with Crippen molar-refractivity contribution in [2.75, 3.05) is 13.1 Å². The number of urea groups is 1. The number of carbonyl (C=O) groups is 3.